The number of nitrogens with one attached hydrogen (secondary N) is 1. The Hall–Kier alpha value is -1.47. The number of rotatable bonds is 5. The molecule has 27 heavy (non-hydrogen) atoms. The van der Waals surface area contributed by atoms with E-state index in [9.17, 15) is 4.79 Å². The lowest BCUT2D eigenvalue weighted by Gasteiger charge is -2.35. The second-order valence-electron chi connectivity index (χ2n) is 8.59. The van der Waals surface area contributed by atoms with Crippen LogP contribution < -0.4 is 5.32 Å². The summed E-state index contributed by atoms with van der Waals surface area (Å²) in [4.78, 5) is 17.4. The van der Waals surface area contributed by atoms with Crippen LogP contribution in [-0.2, 0) is 17.9 Å². The molecule has 0 spiro atoms. The minimum Gasteiger partial charge on any atom is -0.342 e. The molecule has 1 amide bonds. The first-order valence-corrected chi connectivity index (χ1v) is 10.9. The van der Waals surface area contributed by atoms with Gasteiger partial charge in [-0.2, -0.15) is 0 Å². The molecular weight excluding hydrogens is 340 g/mol. The Morgan fingerprint density at radius 3 is 2.70 bits per heavy atom. The van der Waals surface area contributed by atoms with Crippen LogP contribution in [0, 0.1) is 11.8 Å². The van der Waals surface area contributed by atoms with Gasteiger partial charge in [-0.3, -0.25) is 14.4 Å². The topological polar surface area (TPSA) is 66.3 Å². The number of carbonyl (C=O) groups is 1. The van der Waals surface area contributed by atoms with Crippen LogP contribution in [0.15, 0.2) is 6.20 Å². The third-order valence-electron chi connectivity index (χ3n) is 6.41. The summed E-state index contributed by atoms with van der Waals surface area (Å²) in [5.74, 6) is 1.20. The van der Waals surface area contributed by atoms with Gasteiger partial charge in [0.25, 0.3) is 0 Å². The van der Waals surface area contributed by atoms with E-state index in [0.717, 1.165) is 77.3 Å². The first-order chi connectivity index (χ1) is 13.3. The first-order valence-electron chi connectivity index (χ1n) is 10.9. The van der Waals surface area contributed by atoms with E-state index in [-0.39, 0.29) is 5.92 Å². The number of piperidine rings is 1. The second kappa shape index (κ2) is 9.15. The van der Waals surface area contributed by atoms with E-state index in [1.807, 2.05) is 4.68 Å². The fourth-order valence-electron chi connectivity index (χ4n) is 4.89. The Morgan fingerprint density at radius 1 is 1.07 bits per heavy atom. The molecule has 2 aliphatic heterocycles. The van der Waals surface area contributed by atoms with E-state index in [1.165, 1.54) is 25.7 Å². The molecule has 4 rings (SSSR count). The van der Waals surface area contributed by atoms with E-state index in [1.54, 1.807) is 0 Å². The van der Waals surface area contributed by atoms with Crippen molar-refractivity contribution in [3.8, 4) is 0 Å². The van der Waals surface area contributed by atoms with Gasteiger partial charge in [-0.1, -0.05) is 24.5 Å². The molecule has 7 nitrogen and oxygen atoms in total. The normalized spacial score (nSPS) is 25.6. The molecule has 150 valence electrons. The van der Waals surface area contributed by atoms with Crippen molar-refractivity contribution in [3.63, 3.8) is 0 Å². The van der Waals surface area contributed by atoms with E-state index in [0.29, 0.717) is 11.8 Å². The molecule has 1 atom stereocenters. The molecular formula is C20H34N6O. The zero-order valence-electron chi connectivity index (χ0n) is 16.5. The fourth-order valence-corrected chi connectivity index (χ4v) is 4.89. The van der Waals surface area contributed by atoms with Gasteiger partial charge in [0.05, 0.1) is 5.69 Å². The van der Waals surface area contributed by atoms with Crippen LogP contribution in [0.5, 0.6) is 0 Å². The molecule has 2 saturated heterocycles. The van der Waals surface area contributed by atoms with E-state index >= 15 is 0 Å². The Bertz CT molecular complexity index is 605. The van der Waals surface area contributed by atoms with Crippen molar-refractivity contribution in [2.45, 2.75) is 58.0 Å². The minimum absolute atomic E-state index is 0.287. The van der Waals surface area contributed by atoms with Crippen molar-refractivity contribution < 1.29 is 4.79 Å². The predicted octanol–water partition coefficient (Wildman–Crippen LogP) is 1.50. The highest BCUT2D eigenvalue weighted by molar-refractivity contribution is 5.79. The molecule has 3 fully saturated rings. The summed E-state index contributed by atoms with van der Waals surface area (Å²) in [7, 11) is 0. The number of likely N-dealkylation sites (tertiary alicyclic amines) is 1. The number of piperazine rings is 1. The van der Waals surface area contributed by atoms with Crippen molar-refractivity contribution in [2.24, 2.45) is 11.8 Å². The molecule has 7 heteroatoms. The van der Waals surface area contributed by atoms with Gasteiger partial charge in [0.15, 0.2) is 0 Å². The summed E-state index contributed by atoms with van der Waals surface area (Å²) in [6.07, 6.45) is 10.3. The van der Waals surface area contributed by atoms with Crippen molar-refractivity contribution in [2.75, 3.05) is 39.3 Å². The van der Waals surface area contributed by atoms with Gasteiger partial charge in [-0.05, 0) is 31.6 Å². The van der Waals surface area contributed by atoms with Gasteiger partial charge in [-0.15, -0.1) is 5.10 Å². The highest BCUT2D eigenvalue weighted by Crippen LogP contribution is 2.28. The van der Waals surface area contributed by atoms with Crippen LogP contribution in [0.1, 0.15) is 50.6 Å². The summed E-state index contributed by atoms with van der Waals surface area (Å²) in [6, 6.07) is 0. The van der Waals surface area contributed by atoms with Crippen molar-refractivity contribution in [3.05, 3.63) is 11.9 Å². The number of nitrogens with zero attached hydrogens (tertiary/aromatic N) is 5. The van der Waals surface area contributed by atoms with Crippen LogP contribution in [0.3, 0.4) is 0 Å². The average molecular weight is 375 g/mol. The van der Waals surface area contributed by atoms with Crippen molar-refractivity contribution >= 4 is 5.91 Å². The summed E-state index contributed by atoms with van der Waals surface area (Å²) >= 11 is 0. The highest BCUT2D eigenvalue weighted by atomic mass is 16.2. The summed E-state index contributed by atoms with van der Waals surface area (Å²) < 4.78 is 2.00. The van der Waals surface area contributed by atoms with Gasteiger partial charge in [0, 0.05) is 64.5 Å². The van der Waals surface area contributed by atoms with Crippen molar-refractivity contribution in [1.29, 1.82) is 0 Å². The van der Waals surface area contributed by atoms with Gasteiger partial charge < -0.3 is 10.2 Å². The maximum atomic E-state index is 12.9. The zero-order chi connectivity index (χ0) is 18.5. The predicted molar refractivity (Wildman–Crippen MR) is 104 cm³/mol. The molecule has 1 aromatic rings. The number of hydrogen-bond donors (Lipinski definition) is 1. The number of carbonyl (C=O) groups excluding carboxylic acids is 1. The summed E-state index contributed by atoms with van der Waals surface area (Å²) in [5, 5.41) is 12.1. The second-order valence-corrected chi connectivity index (χ2v) is 8.59. The van der Waals surface area contributed by atoms with Gasteiger partial charge in [0.2, 0.25) is 5.91 Å². The minimum atomic E-state index is 0.287. The maximum absolute atomic E-state index is 12.9. The standard InChI is InChI=1S/C20H34N6O/c27-20(18-6-2-1-3-7-18)25-10-4-5-17(13-25)14-26-16-19(22-23-26)15-24-11-8-21-9-12-24/h16-18,21H,1-15H2/t17-/m0/s1. The van der Waals surface area contributed by atoms with E-state index in [4.69, 9.17) is 0 Å². The zero-order valence-corrected chi connectivity index (χ0v) is 16.5. The van der Waals surface area contributed by atoms with Gasteiger partial charge in [-0.25, -0.2) is 0 Å². The Labute approximate surface area is 162 Å². The Morgan fingerprint density at radius 2 is 1.89 bits per heavy atom. The number of hydrogen-bond acceptors (Lipinski definition) is 5. The van der Waals surface area contributed by atoms with Gasteiger partial charge >= 0.3 is 0 Å². The number of amides is 1. The lowest BCUT2D eigenvalue weighted by molar-refractivity contribution is -0.138. The molecule has 1 N–H and O–H groups in total. The molecule has 3 heterocycles. The molecule has 0 aromatic carbocycles. The molecule has 3 aliphatic rings. The first kappa shape index (κ1) is 18.9. The number of aromatic nitrogens is 3. The quantitative estimate of drug-likeness (QED) is 0.846. The van der Waals surface area contributed by atoms with Gasteiger partial charge in [0.1, 0.15) is 0 Å². The molecule has 0 radical (unpaired) electrons. The Balaban J connectivity index is 1.28. The summed E-state index contributed by atoms with van der Waals surface area (Å²) in [6.45, 7) is 7.87. The van der Waals surface area contributed by atoms with Crippen LogP contribution in [0.25, 0.3) is 0 Å². The largest absolute Gasteiger partial charge is 0.342 e. The van der Waals surface area contributed by atoms with E-state index in [2.05, 4.69) is 31.6 Å². The fraction of sp³-hybridized carbons (Fsp3) is 0.850. The third-order valence-corrected chi connectivity index (χ3v) is 6.41. The lowest BCUT2D eigenvalue weighted by Crippen LogP contribution is -2.44. The van der Waals surface area contributed by atoms with Crippen LogP contribution >= 0.6 is 0 Å². The van der Waals surface area contributed by atoms with E-state index < -0.39 is 0 Å². The molecule has 1 aliphatic carbocycles. The average Bonchev–Trinajstić information content (AvgIpc) is 3.16. The van der Waals surface area contributed by atoms with Crippen molar-refractivity contribution in [1.82, 2.24) is 30.1 Å². The molecule has 0 unspecified atom stereocenters. The Kier molecular flexibility index (Phi) is 6.39. The maximum Gasteiger partial charge on any atom is 0.225 e. The molecule has 0 bridgehead atoms. The van der Waals surface area contributed by atoms with Crippen LogP contribution in [-0.4, -0.2) is 70.0 Å². The van der Waals surface area contributed by atoms with Crippen LogP contribution in [0.2, 0.25) is 0 Å². The molecule has 1 aromatic heterocycles. The SMILES string of the molecule is O=C(C1CCCCC1)N1CCC[C@H](Cn2cc(CN3CCNCC3)nn2)C1. The monoisotopic (exact) mass is 374 g/mol. The highest BCUT2D eigenvalue weighted by Gasteiger charge is 2.30. The smallest absolute Gasteiger partial charge is 0.225 e. The third kappa shape index (κ3) is 5.08. The molecule has 1 saturated carbocycles. The lowest BCUT2D eigenvalue weighted by atomic mass is 9.87. The summed E-state index contributed by atoms with van der Waals surface area (Å²) in [5.41, 5.74) is 1.06. The van der Waals surface area contributed by atoms with Crippen LogP contribution in [0.4, 0.5) is 0 Å².